The Morgan fingerprint density at radius 2 is 2.17 bits per heavy atom. The molecule has 4 nitrogen and oxygen atoms in total. The van der Waals surface area contributed by atoms with Gasteiger partial charge in [0.1, 0.15) is 0 Å². The molecule has 0 amide bonds. The molecule has 12 heavy (non-hydrogen) atoms. The highest BCUT2D eigenvalue weighted by Gasteiger charge is 2.28. The Hall–Kier alpha value is -0.610. The molecule has 70 valence electrons. The fraction of sp³-hybridized carbons (Fsp3) is 0.875. The molecule has 1 aliphatic heterocycles. The van der Waals surface area contributed by atoms with E-state index in [4.69, 9.17) is 4.74 Å². The lowest BCUT2D eigenvalue weighted by atomic mass is 9.98. The number of aliphatic hydroxyl groups excluding tert-OH is 1. The summed E-state index contributed by atoms with van der Waals surface area (Å²) in [6.45, 7) is 1.05. The molecule has 0 aromatic heterocycles. The molecule has 0 aromatic rings. The summed E-state index contributed by atoms with van der Waals surface area (Å²) in [5, 5.41) is 9.47. The zero-order valence-corrected chi connectivity index (χ0v) is 7.16. The minimum Gasteiger partial charge on any atom is -0.469 e. The van der Waals surface area contributed by atoms with Crippen molar-refractivity contribution < 1.29 is 19.4 Å². The molecule has 1 fully saturated rings. The first-order valence-corrected chi connectivity index (χ1v) is 4.09. The zero-order chi connectivity index (χ0) is 8.97. The van der Waals surface area contributed by atoms with Crippen LogP contribution in [0, 0.1) is 5.92 Å². The monoisotopic (exact) mass is 174 g/mol. The second-order valence-electron chi connectivity index (χ2n) is 2.89. The van der Waals surface area contributed by atoms with E-state index in [1.54, 1.807) is 0 Å². The van der Waals surface area contributed by atoms with Gasteiger partial charge in [-0.15, -0.1) is 0 Å². The van der Waals surface area contributed by atoms with Gasteiger partial charge in [-0.05, 0) is 12.8 Å². The largest absolute Gasteiger partial charge is 0.469 e. The maximum Gasteiger partial charge on any atom is 0.311 e. The van der Waals surface area contributed by atoms with Gasteiger partial charge in [0.05, 0.1) is 19.1 Å². The first kappa shape index (κ1) is 9.48. The average molecular weight is 174 g/mol. The number of ether oxygens (including phenoxy) is 2. The van der Waals surface area contributed by atoms with Gasteiger partial charge in [-0.3, -0.25) is 4.79 Å². The van der Waals surface area contributed by atoms with E-state index in [0.29, 0.717) is 26.1 Å². The zero-order valence-electron chi connectivity index (χ0n) is 7.16. The second-order valence-corrected chi connectivity index (χ2v) is 2.89. The lowest BCUT2D eigenvalue weighted by Crippen LogP contribution is -2.28. The molecule has 0 saturated carbocycles. The van der Waals surface area contributed by atoms with Crippen LogP contribution in [-0.2, 0) is 14.3 Å². The summed E-state index contributed by atoms with van der Waals surface area (Å²) in [6, 6.07) is 0. The van der Waals surface area contributed by atoms with Gasteiger partial charge in [-0.2, -0.15) is 0 Å². The van der Waals surface area contributed by atoms with E-state index in [9.17, 15) is 9.90 Å². The van der Waals surface area contributed by atoms with E-state index >= 15 is 0 Å². The Bertz CT molecular complexity index is 157. The van der Waals surface area contributed by atoms with Crippen molar-refractivity contribution in [3.8, 4) is 0 Å². The average Bonchev–Trinajstić information content (AvgIpc) is 2.28. The van der Waals surface area contributed by atoms with Gasteiger partial charge in [0.2, 0.25) is 0 Å². The number of methoxy groups -OCH3 is 1. The molecule has 4 heteroatoms. The van der Waals surface area contributed by atoms with Crippen LogP contribution < -0.4 is 0 Å². The van der Waals surface area contributed by atoms with Gasteiger partial charge >= 0.3 is 5.97 Å². The van der Waals surface area contributed by atoms with Gasteiger partial charge in [-0.25, -0.2) is 0 Å². The summed E-state index contributed by atoms with van der Waals surface area (Å²) in [7, 11) is 1.33. The molecule has 0 unspecified atom stereocenters. The molecule has 0 spiro atoms. The van der Waals surface area contributed by atoms with Crippen molar-refractivity contribution in [2.75, 3.05) is 20.3 Å². The summed E-state index contributed by atoms with van der Waals surface area (Å²) in [6.07, 6.45) is 0.452. The molecular weight excluding hydrogens is 160 g/mol. The van der Waals surface area contributed by atoms with E-state index < -0.39 is 12.0 Å². The van der Waals surface area contributed by atoms with E-state index in [-0.39, 0.29) is 5.97 Å². The first-order chi connectivity index (χ1) is 5.75. The second kappa shape index (κ2) is 4.42. The maximum absolute atomic E-state index is 11.1. The molecule has 0 aliphatic carbocycles. The first-order valence-electron chi connectivity index (χ1n) is 4.09. The summed E-state index contributed by atoms with van der Waals surface area (Å²) in [5.74, 6) is -0.745. The Kier molecular flexibility index (Phi) is 3.49. The van der Waals surface area contributed by atoms with Crippen LogP contribution in [-0.4, -0.2) is 37.5 Å². The molecule has 0 aromatic carbocycles. The normalized spacial score (nSPS) is 30.8. The number of hydrogen-bond donors (Lipinski definition) is 1. The number of rotatable bonds is 1. The van der Waals surface area contributed by atoms with Crippen molar-refractivity contribution in [2.24, 2.45) is 5.92 Å². The van der Waals surface area contributed by atoms with Crippen LogP contribution in [0.4, 0.5) is 0 Å². The Labute approximate surface area is 71.5 Å². The van der Waals surface area contributed by atoms with Gasteiger partial charge in [0.25, 0.3) is 0 Å². The minimum absolute atomic E-state index is 0.340. The highest BCUT2D eigenvalue weighted by atomic mass is 16.5. The number of aliphatic hydroxyl groups is 1. The van der Waals surface area contributed by atoms with Gasteiger partial charge < -0.3 is 14.6 Å². The van der Waals surface area contributed by atoms with Crippen molar-refractivity contribution in [1.29, 1.82) is 0 Å². The molecule has 1 heterocycles. The highest BCUT2D eigenvalue weighted by molar-refractivity contribution is 5.72. The number of carbonyl (C=O) groups is 1. The number of carbonyl (C=O) groups excluding carboxylic acids is 1. The van der Waals surface area contributed by atoms with E-state index in [1.807, 2.05) is 0 Å². The highest BCUT2D eigenvalue weighted by Crippen LogP contribution is 2.17. The summed E-state index contributed by atoms with van der Waals surface area (Å²) < 4.78 is 9.68. The summed E-state index contributed by atoms with van der Waals surface area (Å²) in [5.41, 5.74) is 0. The van der Waals surface area contributed by atoms with Gasteiger partial charge in [0, 0.05) is 13.2 Å². The summed E-state index contributed by atoms with van der Waals surface area (Å²) in [4.78, 5) is 11.1. The standard InChI is InChI=1S/C8H14O4/c1-11-8(10)6-2-4-12-5-3-7(6)9/h6-7,9H,2-5H2,1H3/t6-,7+/m0/s1. The lowest BCUT2D eigenvalue weighted by Gasteiger charge is -2.16. The van der Waals surface area contributed by atoms with Gasteiger partial charge in [-0.1, -0.05) is 0 Å². The minimum atomic E-state index is -0.611. The molecular formula is C8H14O4. The quantitative estimate of drug-likeness (QED) is 0.566. The molecule has 1 rings (SSSR count). The van der Waals surface area contributed by atoms with Crippen LogP contribution in [0.25, 0.3) is 0 Å². The third-order valence-electron chi connectivity index (χ3n) is 2.10. The van der Waals surface area contributed by atoms with Crippen molar-refractivity contribution in [2.45, 2.75) is 18.9 Å². The third-order valence-corrected chi connectivity index (χ3v) is 2.10. The van der Waals surface area contributed by atoms with Gasteiger partial charge in [0.15, 0.2) is 0 Å². The molecule has 0 radical (unpaired) electrons. The van der Waals surface area contributed by atoms with Crippen LogP contribution in [0.5, 0.6) is 0 Å². The van der Waals surface area contributed by atoms with Crippen molar-refractivity contribution >= 4 is 5.97 Å². The van der Waals surface area contributed by atoms with Crippen LogP contribution in [0.3, 0.4) is 0 Å². The number of esters is 1. The van der Waals surface area contributed by atoms with Crippen LogP contribution in [0.15, 0.2) is 0 Å². The van der Waals surface area contributed by atoms with E-state index in [1.165, 1.54) is 7.11 Å². The fourth-order valence-corrected chi connectivity index (χ4v) is 1.34. The maximum atomic E-state index is 11.1. The Morgan fingerprint density at radius 1 is 1.50 bits per heavy atom. The van der Waals surface area contributed by atoms with E-state index in [2.05, 4.69) is 4.74 Å². The molecule has 1 saturated heterocycles. The topological polar surface area (TPSA) is 55.8 Å². The molecule has 1 N–H and O–H groups in total. The number of hydrogen-bond acceptors (Lipinski definition) is 4. The third kappa shape index (κ3) is 2.19. The SMILES string of the molecule is COC(=O)[C@H]1CCOCC[C@H]1O. The molecule has 0 bridgehead atoms. The van der Waals surface area contributed by atoms with E-state index in [0.717, 1.165) is 0 Å². The molecule has 1 aliphatic rings. The van der Waals surface area contributed by atoms with Crippen LogP contribution in [0.1, 0.15) is 12.8 Å². The van der Waals surface area contributed by atoms with Crippen LogP contribution >= 0.6 is 0 Å². The van der Waals surface area contributed by atoms with Crippen LogP contribution in [0.2, 0.25) is 0 Å². The predicted octanol–water partition coefficient (Wildman–Crippen LogP) is -0.0531. The lowest BCUT2D eigenvalue weighted by molar-refractivity contribution is -0.149. The Balaban J connectivity index is 2.52. The Morgan fingerprint density at radius 3 is 2.83 bits per heavy atom. The van der Waals surface area contributed by atoms with Crippen molar-refractivity contribution in [1.82, 2.24) is 0 Å². The predicted molar refractivity (Wildman–Crippen MR) is 41.6 cm³/mol. The fourth-order valence-electron chi connectivity index (χ4n) is 1.34. The molecule has 2 atom stereocenters. The summed E-state index contributed by atoms with van der Waals surface area (Å²) >= 11 is 0. The van der Waals surface area contributed by atoms with Crippen molar-refractivity contribution in [3.05, 3.63) is 0 Å². The smallest absolute Gasteiger partial charge is 0.311 e. The van der Waals surface area contributed by atoms with Crippen molar-refractivity contribution in [3.63, 3.8) is 0 Å².